The molecule has 0 aliphatic heterocycles. The average molecular weight is 264 g/mol. The average Bonchev–Trinajstić information content (AvgIpc) is 2.19. The number of unbranched alkanes of at least 4 members (excludes halogenated alkanes) is 1. The van der Waals surface area contributed by atoms with Crippen LogP contribution in [0.5, 0.6) is 0 Å². The molecule has 0 aliphatic rings. The number of hydrogen-bond acceptors (Lipinski definition) is 1. The zero-order chi connectivity index (χ0) is 11.0. The van der Waals surface area contributed by atoms with Crippen molar-refractivity contribution in [2.24, 2.45) is 5.92 Å². The van der Waals surface area contributed by atoms with Gasteiger partial charge in [0.05, 0.1) is 0 Å². The minimum Gasteiger partial charge on any atom is -0.345 e. The molecule has 0 aromatic carbocycles. The van der Waals surface area contributed by atoms with E-state index in [1.54, 1.807) is 0 Å². The first-order valence-corrected chi connectivity index (χ1v) is 6.60. The number of alkyl halides is 1. The summed E-state index contributed by atoms with van der Waals surface area (Å²) in [6.45, 7) is 5.07. The number of carbonyl (C=O) groups is 1. The van der Waals surface area contributed by atoms with Crippen molar-refractivity contribution in [1.82, 2.24) is 4.90 Å². The third-order valence-electron chi connectivity index (χ3n) is 2.54. The molecule has 1 unspecified atom stereocenters. The molecule has 1 atom stereocenters. The highest BCUT2D eigenvalue weighted by atomic mass is 79.9. The number of carbonyl (C=O) groups excluding carboxylic acids is 1. The van der Waals surface area contributed by atoms with E-state index >= 15 is 0 Å². The van der Waals surface area contributed by atoms with Crippen LogP contribution in [0.3, 0.4) is 0 Å². The molecule has 0 bridgehead atoms. The van der Waals surface area contributed by atoms with Crippen molar-refractivity contribution in [1.29, 1.82) is 0 Å². The van der Waals surface area contributed by atoms with Gasteiger partial charge in [0.25, 0.3) is 0 Å². The molecule has 0 aliphatic carbocycles. The van der Waals surface area contributed by atoms with Gasteiger partial charge in [-0.1, -0.05) is 42.6 Å². The van der Waals surface area contributed by atoms with Crippen LogP contribution in [0.2, 0.25) is 0 Å². The van der Waals surface area contributed by atoms with Crippen molar-refractivity contribution < 1.29 is 4.79 Å². The zero-order valence-corrected chi connectivity index (χ0v) is 11.1. The molecule has 0 heterocycles. The maximum absolute atomic E-state index is 11.9. The lowest BCUT2D eigenvalue weighted by Gasteiger charge is -2.22. The molecule has 0 aromatic rings. The Bertz CT molecular complexity index is 161. The van der Waals surface area contributed by atoms with E-state index in [1.807, 2.05) is 11.9 Å². The normalized spacial score (nSPS) is 12.6. The first-order chi connectivity index (χ1) is 6.67. The SMILES string of the molecule is CCCCC(CC)C(=O)N(C)CCBr. The zero-order valence-electron chi connectivity index (χ0n) is 9.55. The molecular formula is C11H22BrNO. The van der Waals surface area contributed by atoms with E-state index in [1.165, 1.54) is 6.42 Å². The standard InChI is InChI=1S/C11H22BrNO/c1-4-6-7-10(5-2)11(14)13(3)9-8-12/h10H,4-9H2,1-3H3. The molecule has 0 spiro atoms. The van der Waals surface area contributed by atoms with E-state index in [4.69, 9.17) is 0 Å². The van der Waals surface area contributed by atoms with Crippen molar-refractivity contribution in [3.8, 4) is 0 Å². The van der Waals surface area contributed by atoms with E-state index in [2.05, 4.69) is 29.8 Å². The van der Waals surface area contributed by atoms with E-state index in [0.29, 0.717) is 5.91 Å². The fraction of sp³-hybridized carbons (Fsp3) is 0.909. The Labute approximate surface area is 96.2 Å². The van der Waals surface area contributed by atoms with Gasteiger partial charge in [-0.2, -0.15) is 0 Å². The van der Waals surface area contributed by atoms with Crippen LogP contribution in [0.4, 0.5) is 0 Å². The van der Waals surface area contributed by atoms with Gasteiger partial charge in [0.1, 0.15) is 0 Å². The largest absolute Gasteiger partial charge is 0.345 e. The molecule has 3 heteroatoms. The van der Waals surface area contributed by atoms with Gasteiger partial charge in [0.15, 0.2) is 0 Å². The van der Waals surface area contributed by atoms with Gasteiger partial charge in [0, 0.05) is 24.8 Å². The van der Waals surface area contributed by atoms with Crippen LogP contribution in [-0.2, 0) is 4.79 Å². The molecule has 2 nitrogen and oxygen atoms in total. The van der Waals surface area contributed by atoms with Crippen LogP contribution in [0.25, 0.3) is 0 Å². The van der Waals surface area contributed by atoms with Crippen LogP contribution in [0, 0.1) is 5.92 Å². The highest BCUT2D eigenvalue weighted by molar-refractivity contribution is 9.09. The van der Waals surface area contributed by atoms with Crippen molar-refractivity contribution in [2.45, 2.75) is 39.5 Å². The monoisotopic (exact) mass is 263 g/mol. The molecule has 0 radical (unpaired) electrons. The van der Waals surface area contributed by atoms with Crippen LogP contribution in [0.15, 0.2) is 0 Å². The molecule has 1 amide bonds. The van der Waals surface area contributed by atoms with E-state index in [0.717, 1.165) is 31.1 Å². The lowest BCUT2D eigenvalue weighted by molar-refractivity contribution is -0.134. The first-order valence-electron chi connectivity index (χ1n) is 5.48. The third kappa shape index (κ3) is 4.99. The summed E-state index contributed by atoms with van der Waals surface area (Å²) in [5, 5.41) is 0.861. The highest BCUT2D eigenvalue weighted by Gasteiger charge is 2.18. The van der Waals surface area contributed by atoms with Crippen molar-refractivity contribution in [3.05, 3.63) is 0 Å². The molecule has 0 saturated carbocycles. The summed E-state index contributed by atoms with van der Waals surface area (Å²) < 4.78 is 0. The highest BCUT2D eigenvalue weighted by Crippen LogP contribution is 2.15. The Kier molecular flexibility index (Phi) is 8.24. The lowest BCUT2D eigenvalue weighted by atomic mass is 9.98. The minimum atomic E-state index is 0.235. The summed E-state index contributed by atoms with van der Waals surface area (Å²) in [7, 11) is 1.89. The smallest absolute Gasteiger partial charge is 0.225 e. The Morgan fingerprint density at radius 3 is 2.50 bits per heavy atom. The van der Waals surface area contributed by atoms with Gasteiger partial charge in [0.2, 0.25) is 5.91 Å². The van der Waals surface area contributed by atoms with E-state index in [9.17, 15) is 4.79 Å². The molecular weight excluding hydrogens is 242 g/mol. The summed E-state index contributed by atoms with van der Waals surface area (Å²) in [5.74, 6) is 0.541. The predicted octanol–water partition coefficient (Wildman–Crippen LogP) is 3.06. The summed E-state index contributed by atoms with van der Waals surface area (Å²) >= 11 is 3.35. The summed E-state index contributed by atoms with van der Waals surface area (Å²) in [6.07, 6.45) is 4.34. The maximum atomic E-state index is 11.9. The summed E-state index contributed by atoms with van der Waals surface area (Å²) in [6, 6.07) is 0. The number of hydrogen-bond donors (Lipinski definition) is 0. The van der Waals surface area contributed by atoms with Crippen LogP contribution < -0.4 is 0 Å². The molecule has 0 rings (SSSR count). The minimum absolute atomic E-state index is 0.235. The van der Waals surface area contributed by atoms with E-state index in [-0.39, 0.29) is 5.92 Å². The molecule has 84 valence electrons. The molecule has 0 aromatic heterocycles. The van der Waals surface area contributed by atoms with Gasteiger partial charge in [-0.15, -0.1) is 0 Å². The maximum Gasteiger partial charge on any atom is 0.225 e. The molecule has 14 heavy (non-hydrogen) atoms. The number of halogens is 1. The second kappa shape index (κ2) is 8.27. The second-order valence-electron chi connectivity index (χ2n) is 3.70. The summed E-state index contributed by atoms with van der Waals surface area (Å²) in [4.78, 5) is 13.7. The van der Waals surface area contributed by atoms with E-state index < -0.39 is 0 Å². The molecule has 0 fully saturated rings. The van der Waals surface area contributed by atoms with Gasteiger partial charge in [-0.05, 0) is 12.8 Å². The van der Waals surface area contributed by atoms with Crippen LogP contribution in [0.1, 0.15) is 39.5 Å². The fourth-order valence-corrected chi connectivity index (χ4v) is 2.03. The predicted molar refractivity (Wildman–Crippen MR) is 64.7 cm³/mol. The van der Waals surface area contributed by atoms with Crippen LogP contribution >= 0.6 is 15.9 Å². The Morgan fingerprint density at radius 1 is 1.43 bits per heavy atom. The Hall–Kier alpha value is -0.0500. The van der Waals surface area contributed by atoms with Gasteiger partial charge >= 0.3 is 0 Å². The third-order valence-corrected chi connectivity index (χ3v) is 2.90. The molecule has 0 saturated heterocycles. The summed E-state index contributed by atoms with van der Waals surface area (Å²) in [5.41, 5.74) is 0. The topological polar surface area (TPSA) is 20.3 Å². The number of rotatable bonds is 7. The van der Waals surface area contributed by atoms with Crippen molar-refractivity contribution in [3.63, 3.8) is 0 Å². The van der Waals surface area contributed by atoms with Gasteiger partial charge in [-0.25, -0.2) is 0 Å². The quantitative estimate of drug-likeness (QED) is 0.647. The van der Waals surface area contributed by atoms with Gasteiger partial charge < -0.3 is 4.90 Å². The Morgan fingerprint density at radius 2 is 2.07 bits per heavy atom. The second-order valence-corrected chi connectivity index (χ2v) is 4.49. The lowest BCUT2D eigenvalue weighted by Crippen LogP contribution is -2.34. The van der Waals surface area contributed by atoms with Crippen LogP contribution in [-0.4, -0.2) is 29.7 Å². The number of amides is 1. The first kappa shape index (κ1) is 13.9. The molecule has 0 N–H and O–H groups in total. The van der Waals surface area contributed by atoms with Gasteiger partial charge in [-0.3, -0.25) is 4.79 Å². The van der Waals surface area contributed by atoms with Crippen molar-refractivity contribution in [2.75, 3.05) is 18.9 Å². The fourth-order valence-electron chi connectivity index (χ4n) is 1.50. The Balaban J connectivity index is 4.01. The number of nitrogens with zero attached hydrogens (tertiary/aromatic N) is 1. The van der Waals surface area contributed by atoms with Crippen molar-refractivity contribution >= 4 is 21.8 Å².